The summed E-state index contributed by atoms with van der Waals surface area (Å²) in [6, 6.07) is 18.1. The number of thiol groups is 1. The van der Waals surface area contributed by atoms with Crippen LogP contribution in [0.2, 0.25) is 0 Å². The van der Waals surface area contributed by atoms with Crippen molar-refractivity contribution in [3.05, 3.63) is 60.2 Å². The third kappa shape index (κ3) is 7.09. The molecule has 0 heterocycles. The maximum absolute atomic E-state index is 9.68. The van der Waals surface area contributed by atoms with E-state index in [1.807, 2.05) is 6.07 Å². The zero-order valence-electron chi connectivity index (χ0n) is 11.4. The van der Waals surface area contributed by atoms with Gasteiger partial charge in [0.1, 0.15) is 0 Å². The number of hydrazine groups is 1. The molecule has 0 aromatic heterocycles. The summed E-state index contributed by atoms with van der Waals surface area (Å²) >= 11 is 0. The molecule has 2 amide bonds. The SMILES string of the molecule is Cc1ccc(-c2ccccc2)cc1.NC(=O)NN[SH](=O)=O. The molecule has 0 spiro atoms. The van der Waals surface area contributed by atoms with Crippen molar-refractivity contribution in [2.24, 2.45) is 5.73 Å². The third-order valence-electron chi connectivity index (χ3n) is 2.43. The van der Waals surface area contributed by atoms with E-state index in [0.717, 1.165) is 0 Å². The Morgan fingerprint density at radius 1 is 0.952 bits per heavy atom. The highest BCUT2D eigenvalue weighted by molar-refractivity contribution is 7.70. The first-order chi connectivity index (χ1) is 9.99. The molecule has 0 aliphatic rings. The monoisotopic (exact) mass is 307 g/mol. The van der Waals surface area contributed by atoms with Gasteiger partial charge in [0.15, 0.2) is 0 Å². The number of aryl methyl sites for hydroxylation is 1. The molecule has 0 bridgehead atoms. The Bertz CT molecular complexity index is 632. The van der Waals surface area contributed by atoms with Gasteiger partial charge in [-0.15, -0.1) is 4.83 Å². The summed E-state index contributed by atoms with van der Waals surface area (Å²) in [7, 11) is -2.79. The number of hydrogen-bond donors (Lipinski definition) is 4. The van der Waals surface area contributed by atoms with Gasteiger partial charge in [0.25, 0.3) is 0 Å². The second-order valence-electron chi connectivity index (χ2n) is 4.09. The molecule has 0 saturated carbocycles. The smallest absolute Gasteiger partial charge is 0.327 e. The first-order valence-electron chi connectivity index (χ1n) is 6.06. The number of rotatable bonds is 3. The van der Waals surface area contributed by atoms with Gasteiger partial charge in [-0.3, -0.25) is 5.43 Å². The lowest BCUT2D eigenvalue weighted by Crippen LogP contribution is -2.39. The normalized spacial score (nSPS) is 9.62. The lowest BCUT2D eigenvalue weighted by atomic mass is 10.0. The lowest BCUT2D eigenvalue weighted by molar-refractivity contribution is 0.247. The van der Waals surface area contributed by atoms with Crippen molar-refractivity contribution in [3.8, 4) is 11.1 Å². The van der Waals surface area contributed by atoms with Crippen LogP contribution in [0.1, 0.15) is 5.56 Å². The minimum atomic E-state index is -2.79. The van der Waals surface area contributed by atoms with Gasteiger partial charge in [0, 0.05) is 0 Å². The van der Waals surface area contributed by atoms with Gasteiger partial charge >= 0.3 is 6.03 Å². The molecule has 0 fully saturated rings. The molecule has 2 rings (SSSR count). The number of carbonyl (C=O) groups is 1. The van der Waals surface area contributed by atoms with Crippen LogP contribution in [0.15, 0.2) is 54.6 Å². The Kier molecular flexibility index (Phi) is 6.93. The predicted molar refractivity (Wildman–Crippen MR) is 82.8 cm³/mol. The Morgan fingerprint density at radius 2 is 1.48 bits per heavy atom. The molecule has 7 heteroatoms. The van der Waals surface area contributed by atoms with Gasteiger partial charge in [-0.05, 0) is 18.1 Å². The van der Waals surface area contributed by atoms with E-state index < -0.39 is 16.9 Å². The standard InChI is InChI=1S/C13H12.CH5N3O3S/c1-11-7-9-13(10-8-11)12-5-3-2-4-6-12;2-1(5)3-4-8(6)7/h2-10H,1H3;8H,(H3,2,3,5)(H,4,6,7). The Labute approximate surface area is 125 Å². The van der Waals surface area contributed by atoms with Crippen LogP contribution in [-0.2, 0) is 10.9 Å². The first-order valence-corrected chi connectivity index (χ1v) is 7.24. The summed E-state index contributed by atoms with van der Waals surface area (Å²) in [4.78, 5) is 11.3. The number of nitrogens with one attached hydrogen (secondary N) is 2. The highest BCUT2D eigenvalue weighted by atomic mass is 32.2. The molecule has 0 unspecified atom stereocenters. The average Bonchev–Trinajstić information content (AvgIpc) is 2.47. The number of amides is 2. The summed E-state index contributed by atoms with van der Waals surface area (Å²) in [5.41, 5.74) is 9.97. The molecule has 0 aliphatic heterocycles. The Hall–Kier alpha value is -2.38. The second-order valence-corrected chi connectivity index (χ2v) is 4.83. The van der Waals surface area contributed by atoms with E-state index in [0.29, 0.717) is 0 Å². The van der Waals surface area contributed by atoms with Crippen LogP contribution in [-0.4, -0.2) is 14.4 Å². The van der Waals surface area contributed by atoms with Crippen molar-refractivity contribution >= 4 is 16.9 Å². The van der Waals surface area contributed by atoms with Crippen LogP contribution >= 0.6 is 0 Å². The maximum atomic E-state index is 9.68. The fraction of sp³-hybridized carbons (Fsp3) is 0.0714. The van der Waals surface area contributed by atoms with Crippen LogP contribution in [0.4, 0.5) is 4.79 Å². The largest absolute Gasteiger partial charge is 0.351 e. The molecule has 4 N–H and O–H groups in total. The van der Waals surface area contributed by atoms with E-state index >= 15 is 0 Å². The molecule has 112 valence electrons. The van der Waals surface area contributed by atoms with Gasteiger partial charge in [0.2, 0.25) is 10.9 Å². The summed E-state index contributed by atoms with van der Waals surface area (Å²) in [5, 5.41) is 0. The predicted octanol–water partition coefficient (Wildman–Crippen LogP) is 1.35. The van der Waals surface area contributed by atoms with E-state index in [9.17, 15) is 13.2 Å². The van der Waals surface area contributed by atoms with Crippen molar-refractivity contribution < 1.29 is 13.2 Å². The van der Waals surface area contributed by atoms with Crippen molar-refractivity contribution in [1.29, 1.82) is 0 Å². The number of urea groups is 1. The summed E-state index contributed by atoms with van der Waals surface area (Å²) in [6.07, 6.45) is 0. The van der Waals surface area contributed by atoms with Crippen molar-refractivity contribution in [2.75, 3.05) is 0 Å². The molecular formula is C14H17N3O3S. The summed E-state index contributed by atoms with van der Waals surface area (Å²) in [5.74, 6) is 0. The minimum Gasteiger partial charge on any atom is -0.351 e. The van der Waals surface area contributed by atoms with Crippen LogP contribution in [0, 0.1) is 6.92 Å². The van der Waals surface area contributed by atoms with Crippen LogP contribution < -0.4 is 16.0 Å². The lowest BCUT2D eigenvalue weighted by Gasteiger charge is -2.00. The third-order valence-corrected chi connectivity index (χ3v) is 2.72. The van der Waals surface area contributed by atoms with Crippen LogP contribution in [0.5, 0.6) is 0 Å². The van der Waals surface area contributed by atoms with Crippen molar-refractivity contribution in [3.63, 3.8) is 0 Å². The first kappa shape index (κ1) is 16.7. The summed E-state index contributed by atoms with van der Waals surface area (Å²) in [6.45, 7) is 2.11. The van der Waals surface area contributed by atoms with Crippen LogP contribution in [0.3, 0.4) is 0 Å². The fourth-order valence-electron chi connectivity index (χ4n) is 1.48. The highest BCUT2D eigenvalue weighted by Crippen LogP contribution is 2.18. The summed E-state index contributed by atoms with van der Waals surface area (Å²) < 4.78 is 19.1. The molecule has 0 aliphatic carbocycles. The van der Waals surface area contributed by atoms with Gasteiger partial charge in [-0.1, -0.05) is 60.2 Å². The van der Waals surface area contributed by atoms with E-state index in [1.54, 1.807) is 10.3 Å². The van der Waals surface area contributed by atoms with Gasteiger partial charge < -0.3 is 5.73 Å². The van der Waals surface area contributed by atoms with Crippen molar-refractivity contribution in [1.82, 2.24) is 10.3 Å². The number of hydrogen-bond acceptors (Lipinski definition) is 3. The Balaban J connectivity index is 0.000000240. The second kappa shape index (κ2) is 8.72. The molecule has 0 atom stereocenters. The van der Waals surface area contributed by atoms with Gasteiger partial charge in [-0.2, -0.15) is 0 Å². The van der Waals surface area contributed by atoms with E-state index in [2.05, 4.69) is 61.2 Å². The topological polar surface area (TPSA) is 101 Å². The number of benzene rings is 2. The number of carbonyl (C=O) groups excluding carboxylic acids is 1. The van der Waals surface area contributed by atoms with Crippen LogP contribution in [0.25, 0.3) is 11.1 Å². The average molecular weight is 307 g/mol. The molecular weight excluding hydrogens is 290 g/mol. The van der Waals surface area contributed by atoms with E-state index in [4.69, 9.17) is 0 Å². The van der Waals surface area contributed by atoms with Gasteiger partial charge in [0.05, 0.1) is 0 Å². The fourth-order valence-corrected chi connectivity index (χ4v) is 1.68. The molecule has 21 heavy (non-hydrogen) atoms. The quantitative estimate of drug-likeness (QED) is 0.508. The van der Waals surface area contributed by atoms with Crippen molar-refractivity contribution in [2.45, 2.75) is 6.92 Å². The Morgan fingerprint density at radius 3 is 1.90 bits per heavy atom. The van der Waals surface area contributed by atoms with E-state index in [1.165, 1.54) is 16.7 Å². The highest BCUT2D eigenvalue weighted by Gasteiger charge is 1.93. The zero-order chi connectivity index (χ0) is 15.7. The zero-order valence-corrected chi connectivity index (χ0v) is 12.3. The number of nitrogens with two attached hydrogens (primary N) is 1. The van der Waals surface area contributed by atoms with E-state index in [-0.39, 0.29) is 0 Å². The molecule has 2 aromatic rings. The molecule has 6 nitrogen and oxygen atoms in total. The minimum absolute atomic E-state index is 0.941. The molecule has 0 radical (unpaired) electrons. The van der Waals surface area contributed by atoms with Gasteiger partial charge in [-0.25, -0.2) is 13.2 Å². The molecule has 2 aromatic carbocycles. The molecule has 0 saturated heterocycles. The maximum Gasteiger partial charge on any atom is 0.327 e. The number of primary amides is 1.